The molecule has 0 spiro atoms. The van der Waals surface area contributed by atoms with E-state index in [0.29, 0.717) is 6.42 Å². The molecule has 1 rings (SSSR count). The number of piperazine rings is 1. The van der Waals surface area contributed by atoms with Crippen molar-refractivity contribution < 1.29 is 9.90 Å². The Hall–Kier alpha value is -0.610. The molecule has 17 heavy (non-hydrogen) atoms. The third kappa shape index (κ3) is 2.33. The summed E-state index contributed by atoms with van der Waals surface area (Å²) in [7, 11) is 0. The number of carbonyl (C=O) groups is 1. The molecule has 100 valence electrons. The van der Waals surface area contributed by atoms with Crippen molar-refractivity contribution in [2.24, 2.45) is 0 Å². The third-order valence-corrected chi connectivity index (χ3v) is 3.97. The molecular formula is C13H26N2O2. The summed E-state index contributed by atoms with van der Waals surface area (Å²) in [6.45, 7) is 13.9. The van der Waals surface area contributed by atoms with Crippen LogP contribution >= 0.6 is 0 Å². The third-order valence-electron chi connectivity index (χ3n) is 3.97. The number of aliphatic carboxylic acids is 1. The van der Waals surface area contributed by atoms with Crippen LogP contribution in [-0.2, 0) is 4.79 Å². The van der Waals surface area contributed by atoms with Gasteiger partial charge >= 0.3 is 5.97 Å². The van der Waals surface area contributed by atoms with Crippen LogP contribution in [0.4, 0.5) is 0 Å². The molecule has 0 bridgehead atoms. The van der Waals surface area contributed by atoms with Crippen molar-refractivity contribution in [3.63, 3.8) is 0 Å². The second-order valence-corrected chi connectivity index (χ2v) is 6.50. The van der Waals surface area contributed by atoms with Crippen LogP contribution < -0.4 is 5.32 Å². The lowest BCUT2D eigenvalue weighted by atomic mass is 9.80. The molecule has 2 N–H and O–H groups in total. The molecule has 0 aromatic heterocycles. The normalized spacial score (nSPS) is 27.4. The zero-order valence-corrected chi connectivity index (χ0v) is 11.9. The lowest BCUT2D eigenvalue weighted by molar-refractivity contribution is -0.167. The number of hydrogen-bond acceptors (Lipinski definition) is 3. The van der Waals surface area contributed by atoms with E-state index in [9.17, 15) is 9.90 Å². The van der Waals surface area contributed by atoms with E-state index in [4.69, 9.17) is 0 Å². The maximum atomic E-state index is 11.7. The predicted octanol–water partition coefficient (Wildman–Crippen LogP) is 1.70. The van der Waals surface area contributed by atoms with Crippen LogP contribution in [0.5, 0.6) is 0 Å². The lowest BCUT2D eigenvalue weighted by Crippen LogP contribution is -2.75. The molecule has 1 saturated heterocycles. The van der Waals surface area contributed by atoms with E-state index < -0.39 is 11.5 Å². The van der Waals surface area contributed by atoms with E-state index in [2.05, 4.69) is 37.9 Å². The van der Waals surface area contributed by atoms with Gasteiger partial charge in [0, 0.05) is 24.2 Å². The number of nitrogens with one attached hydrogen (secondary N) is 1. The fraction of sp³-hybridized carbons (Fsp3) is 0.923. The smallest absolute Gasteiger partial charge is 0.323 e. The topological polar surface area (TPSA) is 52.6 Å². The van der Waals surface area contributed by atoms with Gasteiger partial charge in [-0.15, -0.1) is 0 Å². The van der Waals surface area contributed by atoms with E-state index in [1.54, 1.807) is 0 Å². The molecule has 1 aliphatic rings. The summed E-state index contributed by atoms with van der Waals surface area (Å²) in [6, 6.07) is 0. The predicted molar refractivity (Wildman–Crippen MR) is 69.2 cm³/mol. The van der Waals surface area contributed by atoms with Crippen LogP contribution in [0.3, 0.4) is 0 Å². The highest BCUT2D eigenvalue weighted by molar-refractivity contribution is 5.78. The molecule has 0 aromatic carbocycles. The minimum absolute atomic E-state index is 0.162. The van der Waals surface area contributed by atoms with Gasteiger partial charge in [-0.05, 0) is 41.0 Å². The molecule has 0 aliphatic carbocycles. The lowest BCUT2D eigenvalue weighted by Gasteiger charge is -2.59. The molecule has 1 fully saturated rings. The van der Waals surface area contributed by atoms with Crippen molar-refractivity contribution in [2.75, 3.05) is 13.1 Å². The summed E-state index contributed by atoms with van der Waals surface area (Å²) in [4.78, 5) is 13.8. The Morgan fingerprint density at radius 1 is 1.29 bits per heavy atom. The molecule has 4 heteroatoms. The average Bonchev–Trinajstić information content (AvgIpc) is 2.13. The average molecular weight is 242 g/mol. The van der Waals surface area contributed by atoms with Crippen LogP contribution in [0.25, 0.3) is 0 Å². The minimum atomic E-state index is -0.810. The van der Waals surface area contributed by atoms with Gasteiger partial charge in [-0.3, -0.25) is 9.69 Å². The fourth-order valence-electron chi connectivity index (χ4n) is 3.39. The Kier molecular flexibility index (Phi) is 3.61. The monoisotopic (exact) mass is 242 g/mol. The van der Waals surface area contributed by atoms with Crippen molar-refractivity contribution in [1.82, 2.24) is 10.2 Å². The summed E-state index contributed by atoms with van der Waals surface area (Å²) in [6.07, 6.45) is 0.606. The van der Waals surface area contributed by atoms with Crippen LogP contribution in [0.1, 0.15) is 48.0 Å². The Balaban J connectivity index is 3.25. The molecule has 1 aliphatic heterocycles. The minimum Gasteiger partial charge on any atom is -0.480 e. The van der Waals surface area contributed by atoms with E-state index in [0.717, 1.165) is 13.1 Å². The Morgan fingerprint density at radius 3 is 2.00 bits per heavy atom. The second kappa shape index (κ2) is 4.25. The van der Waals surface area contributed by atoms with E-state index in [1.165, 1.54) is 0 Å². The zero-order chi connectivity index (χ0) is 13.5. The van der Waals surface area contributed by atoms with E-state index >= 15 is 0 Å². The van der Waals surface area contributed by atoms with Crippen molar-refractivity contribution in [2.45, 2.75) is 64.6 Å². The Morgan fingerprint density at radius 2 is 1.71 bits per heavy atom. The highest BCUT2D eigenvalue weighted by Crippen LogP contribution is 2.37. The molecule has 1 unspecified atom stereocenters. The summed E-state index contributed by atoms with van der Waals surface area (Å²) >= 11 is 0. The number of hydrogen-bond donors (Lipinski definition) is 2. The summed E-state index contributed by atoms with van der Waals surface area (Å²) in [5, 5.41) is 13.0. The fourth-order valence-corrected chi connectivity index (χ4v) is 3.39. The van der Waals surface area contributed by atoms with Gasteiger partial charge in [0.25, 0.3) is 0 Å². The van der Waals surface area contributed by atoms with Crippen LogP contribution in [0.2, 0.25) is 0 Å². The quantitative estimate of drug-likeness (QED) is 0.791. The SMILES string of the molecule is CCC(C)(C(=O)O)N1C(C)(C)CNCC1(C)C. The molecule has 0 aromatic rings. The number of carboxylic acid groups (broad SMARTS) is 1. The van der Waals surface area contributed by atoms with Crippen molar-refractivity contribution >= 4 is 5.97 Å². The second-order valence-electron chi connectivity index (χ2n) is 6.50. The molecule has 0 radical (unpaired) electrons. The molecule has 1 heterocycles. The molecule has 0 amide bonds. The highest BCUT2D eigenvalue weighted by Gasteiger charge is 2.53. The largest absolute Gasteiger partial charge is 0.480 e. The van der Waals surface area contributed by atoms with E-state index in [1.807, 2.05) is 13.8 Å². The van der Waals surface area contributed by atoms with Gasteiger partial charge in [0.2, 0.25) is 0 Å². The summed E-state index contributed by atoms with van der Waals surface area (Å²) in [5.74, 6) is -0.733. The molecule has 1 atom stereocenters. The summed E-state index contributed by atoms with van der Waals surface area (Å²) < 4.78 is 0. The van der Waals surface area contributed by atoms with Gasteiger partial charge < -0.3 is 10.4 Å². The zero-order valence-electron chi connectivity index (χ0n) is 11.9. The van der Waals surface area contributed by atoms with Crippen LogP contribution in [0.15, 0.2) is 0 Å². The van der Waals surface area contributed by atoms with Gasteiger partial charge in [0.05, 0.1) is 0 Å². The van der Waals surface area contributed by atoms with Crippen molar-refractivity contribution in [1.29, 1.82) is 0 Å². The van der Waals surface area contributed by atoms with Gasteiger partial charge in [0.15, 0.2) is 0 Å². The number of nitrogens with zero attached hydrogens (tertiary/aromatic N) is 1. The molecule has 4 nitrogen and oxygen atoms in total. The van der Waals surface area contributed by atoms with Crippen molar-refractivity contribution in [3.05, 3.63) is 0 Å². The van der Waals surface area contributed by atoms with Gasteiger partial charge in [-0.25, -0.2) is 0 Å². The first-order valence-corrected chi connectivity index (χ1v) is 6.32. The first kappa shape index (κ1) is 14.5. The molecule has 0 saturated carbocycles. The van der Waals surface area contributed by atoms with Crippen LogP contribution in [0, 0.1) is 0 Å². The van der Waals surface area contributed by atoms with E-state index in [-0.39, 0.29) is 11.1 Å². The van der Waals surface area contributed by atoms with Crippen molar-refractivity contribution in [3.8, 4) is 0 Å². The standard InChI is InChI=1S/C13H26N2O2/c1-7-13(6,10(16)17)15-11(2,3)8-14-9-12(15,4)5/h14H,7-9H2,1-6H3,(H,16,17). The Bertz CT molecular complexity index is 297. The number of carboxylic acids is 1. The molecular weight excluding hydrogens is 216 g/mol. The van der Waals surface area contributed by atoms with Crippen LogP contribution in [-0.4, -0.2) is 45.7 Å². The first-order chi connectivity index (χ1) is 7.58. The maximum Gasteiger partial charge on any atom is 0.323 e. The summed E-state index contributed by atoms with van der Waals surface area (Å²) in [5.41, 5.74) is -1.13. The van der Waals surface area contributed by atoms with Gasteiger partial charge in [0.1, 0.15) is 5.54 Å². The van der Waals surface area contributed by atoms with Gasteiger partial charge in [-0.2, -0.15) is 0 Å². The van der Waals surface area contributed by atoms with Gasteiger partial charge in [-0.1, -0.05) is 6.92 Å². The Labute approximate surface area is 104 Å². The maximum absolute atomic E-state index is 11.7. The first-order valence-electron chi connectivity index (χ1n) is 6.32. The number of rotatable bonds is 3. The highest BCUT2D eigenvalue weighted by atomic mass is 16.4.